The summed E-state index contributed by atoms with van der Waals surface area (Å²) in [5.74, 6) is 4.32. The van der Waals surface area contributed by atoms with Crippen LogP contribution in [0.1, 0.15) is 29.5 Å². The van der Waals surface area contributed by atoms with Crippen molar-refractivity contribution in [3.8, 4) is 28.7 Å². The van der Waals surface area contributed by atoms with Crippen LogP contribution in [0, 0.1) is 5.92 Å². The maximum atomic E-state index is 6.02. The predicted molar refractivity (Wildman–Crippen MR) is 136 cm³/mol. The van der Waals surface area contributed by atoms with Crippen molar-refractivity contribution in [3.63, 3.8) is 0 Å². The third kappa shape index (κ3) is 4.61. The molecule has 1 heterocycles. The van der Waals surface area contributed by atoms with Gasteiger partial charge < -0.3 is 29.0 Å². The minimum absolute atomic E-state index is 0.113. The first-order chi connectivity index (χ1) is 17.2. The lowest BCUT2D eigenvalue weighted by atomic mass is 9.77. The zero-order chi connectivity index (χ0) is 24.2. The van der Waals surface area contributed by atoms with Gasteiger partial charge in [0.15, 0.2) is 11.5 Å². The summed E-state index contributed by atoms with van der Waals surface area (Å²) < 4.78 is 28.5. The van der Waals surface area contributed by atoms with E-state index in [-0.39, 0.29) is 6.04 Å². The van der Waals surface area contributed by atoms with Crippen molar-refractivity contribution in [3.05, 3.63) is 83.9 Å². The molecule has 6 heteroatoms. The molecule has 0 saturated carbocycles. The number of allylic oxidation sites excluding steroid dienone is 2. The summed E-state index contributed by atoms with van der Waals surface area (Å²) >= 11 is 0. The van der Waals surface area contributed by atoms with Gasteiger partial charge in [0.1, 0.15) is 24.7 Å². The maximum Gasteiger partial charge on any atom is 0.203 e. The van der Waals surface area contributed by atoms with Gasteiger partial charge in [0, 0.05) is 11.6 Å². The molecule has 1 N–H and O–H groups in total. The van der Waals surface area contributed by atoms with Crippen molar-refractivity contribution in [2.45, 2.75) is 18.4 Å². The third-order valence-electron chi connectivity index (χ3n) is 6.74. The Balaban J connectivity index is 1.34. The second-order valence-corrected chi connectivity index (χ2v) is 8.69. The molecule has 35 heavy (non-hydrogen) atoms. The summed E-state index contributed by atoms with van der Waals surface area (Å²) in [6.07, 6.45) is 5.59. The van der Waals surface area contributed by atoms with Gasteiger partial charge in [0.2, 0.25) is 5.75 Å². The Kier molecular flexibility index (Phi) is 6.70. The molecule has 0 spiro atoms. The van der Waals surface area contributed by atoms with Crippen molar-refractivity contribution >= 4 is 5.69 Å². The molecule has 182 valence electrons. The van der Waals surface area contributed by atoms with E-state index in [9.17, 15) is 0 Å². The number of ether oxygens (including phenoxy) is 5. The molecule has 1 aliphatic carbocycles. The minimum Gasteiger partial charge on any atom is -0.493 e. The minimum atomic E-state index is 0.113. The SMILES string of the molecule is COc1cc(C2Nc3ccc(OCCOc4ccccc4)cc3C3C=CCC32)cc(OC)c1OC. The number of para-hydroxylation sites is 1. The largest absolute Gasteiger partial charge is 0.493 e. The Labute approximate surface area is 206 Å². The van der Waals surface area contributed by atoms with E-state index in [1.54, 1.807) is 21.3 Å². The first-order valence-corrected chi connectivity index (χ1v) is 11.9. The van der Waals surface area contributed by atoms with Gasteiger partial charge in [0.25, 0.3) is 0 Å². The number of nitrogens with one attached hydrogen (secondary N) is 1. The second kappa shape index (κ2) is 10.2. The number of benzene rings is 3. The highest BCUT2D eigenvalue weighted by molar-refractivity contribution is 5.63. The van der Waals surface area contributed by atoms with Crippen LogP contribution in [0.4, 0.5) is 5.69 Å². The predicted octanol–water partition coefficient (Wildman–Crippen LogP) is 6.00. The molecule has 0 amide bonds. The fourth-order valence-electron chi connectivity index (χ4n) is 5.11. The van der Waals surface area contributed by atoms with Gasteiger partial charge in [-0.2, -0.15) is 0 Å². The molecular formula is C29H31NO5. The highest BCUT2D eigenvalue weighted by Gasteiger charge is 2.38. The van der Waals surface area contributed by atoms with Crippen LogP contribution in [0.15, 0.2) is 72.8 Å². The van der Waals surface area contributed by atoms with Gasteiger partial charge in [-0.15, -0.1) is 0 Å². The molecule has 2 aliphatic rings. The summed E-state index contributed by atoms with van der Waals surface area (Å²) in [6, 6.07) is 20.3. The van der Waals surface area contributed by atoms with E-state index in [1.165, 1.54) is 5.56 Å². The Morgan fingerprint density at radius 1 is 0.800 bits per heavy atom. The molecule has 0 radical (unpaired) electrons. The Bertz CT molecular complexity index is 1170. The highest BCUT2D eigenvalue weighted by atomic mass is 16.5. The molecule has 0 bridgehead atoms. The van der Waals surface area contributed by atoms with E-state index in [4.69, 9.17) is 23.7 Å². The van der Waals surface area contributed by atoms with E-state index in [0.29, 0.717) is 42.3 Å². The van der Waals surface area contributed by atoms with Gasteiger partial charge in [-0.05, 0) is 65.9 Å². The lowest BCUT2D eigenvalue weighted by Gasteiger charge is -2.38. The van der Waals surface area contributed by atoms with Gasteiger partial charge in [-0.3, -0.25) is 0 Å². The molecule has 5 rings (SSSR count). The van der Waals surface area contributed by atoms with Crippen LogP contribution in [0.5, 0.6) is 28.7 Å². The lowest BCUT2D eigenvalue weighted by Crippen LogP contribution is -2.29. The normalized spacial score (nSPS) is 19.8. The van der Waals surface area contributed by atoms with Gasteiger partial charge in [-0.1, -0.05) is 30.4 Å². The van der Waals surface area contributed by atoms with Gasteiger partial charge in [0.05, 0.1) is 27.4 Å². The molecule has 0 fully saturated rings. The van der Waals surface area contributed by atoms with Crippen molar-refractivity contribution in [2.75, 3.05) is 39.9 Å². The van der Waals surface area contributed by atoms with Crippen molar-refractivity contribution < 1.29 is 23.7 Å². The number of rotatable bonds is 9. The first kappa shape index (κ1) is 23.0. The first-order valence-electron chi connectivity index (χ1n) is 11.9. The molecule has 6 nitrogen and oxygen atoms in total. The summed E-state index contributed by atoms with van der Waals surface area (Å²) in [5, 5.41) is 3.77. The van der Waals surface area contributed by atoms with Crippen molar-refractivity contribution in [2.24, 2.45) is 5.92 Å². The van der Waals surface area contributed by atoms with Crippen LogP contribution >= 0.6 is 0 Å². The fourth-order valence-corrected chi connectivity index (χ4v) is 5.11. The van der Waals surface area contributed by atoms with Crippen LogP contribution in [0.25, 0.3) is 0 Å². The highest BCUT2D eigenvalue weighted by Crippen LogP contribution is 2.52. The van der Waals surface area contributed by atoms with Crippen LogP contribution in [-0.4, -0.2) is 34.5 Å². The van der Waals surface area contributed by atoms with E-state index < -0.39 is 0 Å². The Hall–Kier alpha value is -3.80. The molecule has 1 aliphatic heterocycles. The Morgan fingerprint density at radius 3 is 2.20 bits per heavy atom. The third-order valence-corrected chi connectivity index (χ3v) is 6.74. The van der Waals surface area contributed by atoms with Crippen LogP contribution < -0.4 is 29.0 Å². The summed E-state index contributed by atoms with van der Waals surface area (Å²) in [4.78, 5) is 0. The van der Waals surface area contributed by atoms with E-state index >= 15 is 0 Å². The maximum absolute atomic E-state index is 6.02. The van der Waals surface area contributed by atoms with Crippen molar-refractivity contribution in [1.82, 2.24) is 0 Å². The van der Waals surface area contributed by atoms with Crippen LogP contribution in [0.3, 0.4) is 0 Å². The summed E-state index contributed by atoms with van der Waals surface area (Å²) in [7, 11) is 4.92. The van der Waals surface area contributed by atoms with E-state index in [2.05, 4.69) is 29.6 Å². The average Bonchev–Trinajstić information content (AvgIpc) is 3.41. The second-order valence-electron chi connectivity index (χ2n) is 8.69. The van der Waals surface area contributed by atoms with E-state index in [0.717, 1.165) is 29.2 Å². The number of methoxy groups -OCH3 is 3. The number of anilines is 1. The van der Waals surface area contributed by atoms with Gasteiger partial charge >= 0.3 is 0 Å². The topological polar surface area (TPSA) is 58.2 Å². The summed E-state index contributed by atoms with van der Waals surface area (Å²) in [6.45, 7) is 0.980. The summed E-state index contributed by atoms with van der Waals surface area (Å²) in [5.41, 5.74) is 3.49. The molecule has 0 aromatic heterocycles. The molecule has 0 saturated heterocycles. The van der Waals surface area contributed by atoms with Crippen LogP contribution in [0.2, 0.25) is 0 Å². The monoisotopic (exact) mass is 473 g/mol. The number of fused-ring (bicyclic) bond motifs is 3. The molecular weight excluding hydrogens is 442 g/mol. The molecule has 3 unspecified atom stereocenters. The van der Waals surface area contributed by atoms with E-state index in [1.807, 2.05) is 48.5 Å². The number of hydrogen-bond acceptors (Lipinski definition) is 6. The zero-order valence-corrected chi connectivity index (χ0v) is 20.3. The van der Waals surface area contributed by atoms with Gasteiger partial charge in [-0.25, -0.2) is 0 Å². The lowest BCUT2D eigenvalue weighted by molar-refractivity contribution is 0.217. The smallest absolute Gasteiger partial charge is 0.203 e. The Morgan fingerprint density at radius 2 is 1.51 bits per heavy atom. The van der Waals surface area contributed by atoms with Crippen molar-refractivity contribution in [1.29, 1.82) is 0 Å². The molecule has 3 atom stereocenters. The zero-order valence-electron chi connectivity index (χ0n) is 20.3. The molecule has 3 aromatic rings. The van der Waals surface area contributed by atoms with Crippen LogP contribution in [-0.2, 0) is 0 Å². The number of hydrogen-bond donors (Lipinski definition) is 1. The standard InChI is InChI=1S/C29H31NO5/c1-31-26-16-19(17-27(32-2)29(26)33-3)28-23-11-7-10-22(23)24-18-21(12-13-25(24)30-28)35-15-14-34-20-8-5-4-6-9-20/h4-10,12-13,16-18,22-23,28,30H,11,14-15H2,1-3H3. The quantitative estimate of drug-likeness (QED) is 0.304. The average molecular weight is 474 g/mol. The fraction of sp³-hybridized carbons (Fsp3) is 0.310. The molecule has 3 aromatic carbocycles.